The molecule has 3 aromatic rings. The maximum absolute atomic E-state index is 13.4. The van der Waals surface area contributed by atoms with Crippen LogP contribution in [-0.4, -0.2) is 45.4 Å². The fourth-order valence-electron chi connectivity index (χ4n) is 4.27. The summed E-state index contributed by atoms with van der Waals surface area (Å²) in [5.74, 6) is -0.287. The summed E-state index contributed by atoms with van der Waals surface area (Å²) < 4.78 is 15.3. The molecule has 152 valence electrons. The number of benzene rings is 2. The SMILES string of the molecule is Cc1cc(C)c(NC(=O)CN2CCC(n3nnc4cc(F)ccc43)CC2)c(C)c1. The monoisotopic (exact) mass is 395 g/mol. The Labute approximate surface area is 169 Å². The second-order valence-corrected chi connectivity index (χ2v) is 8.00. The third-order valence-corrected chi connectivity index (χ3v) is 5.64. The maximum atomic E-state index is 13.4. The number of carbonyl (C=O) groups is 1. The standard InChI is InChI=1S/C22H26FN5O/c1-14-10-15(2)22(16(3)11-14)24-21(29)13-27-8-6-18(7-9-27)28-20-5-4-17(23)12-19(20)25-26-28/h4-5,10-12,18H,6-9,13H2,1-3H3,(H,24,29). The van der Waals surface area contributed by atoms with E-state index in [1.807, 2.05) is 18.5 Å². The summed E-state index contributed by atoms with van der Waals surface area (Å²) in [5.41, 5.74) is 5.72. The third kappa shape index (κ3) is 4.15. The molecule has 1 N–H and O–H groups in total. The molecule has 7 heteroatoms. The Morgan fingerprint density at radius 3 is 2.52 bits per heavy atom. The molecular formula is C22H26FN5O. The molecule has 1 aliphatic heterocycles. The lowest BCUT2D eigenvalue weighted by molar-refractivity contribution is -0.117. The van der Waals surface area contributed by atoms with E-state index in [2.05, 4.69) is 39.6 Å². The Kier molecular flexibility index (Phi) is 5.32. The van der Waals surface area contributed by atoms with Gasteiger partial charge >= 0.3 is 0 Å². The van der Waals surface area contributed by atoms with Crippen LogP contribution in [0.15, 0.2) is 30.3 Å². The van der Waals surface area contributed by atoms with Gasteiger partial charge in [0.05, 0.1) is 18.1 Å². The van der Waals surface area contributed by atoms with Gasteiger partial charge in [0, 0.05) is 24.8 Å². The quantitative estimate of drug-likeness (QED) is 0.730. The van der Waals surface area contributed by atoms with Gasteiger partial charge in [0.15, 0.2) is 0 Å². The molecule has 0 spiro atoms. The van der Waals surface area contributed by atoms with Crippen molar-refractivity contribution in [3.05, 3.63) is 52.8 Å². The van der Waals surface area contributed by atoms with Crippen molar-refractivity contribution in [1.29, 1.82) is 0 Å². The van der Waals surface area contributed by atoms with E-state index in [1.165, 1.54) is 17.7 Å². The fourth-order valence-corrected chi connectivity index (χ4v) is 4.27. The molecule has 0 atom stereocenters. The van der Waals surface area contributed by atoms with E-state index in [-0.39, 0.29) is 17.8 Å². The zero-order valence-electron chi connectivity index (χ0n) is 17.1. The van der Waals surface area contributed by atoms with Crippen LogP contribution in [0.5, 0.6) is 0 Å². The molecule has 4 rings (SSSR count). The van der Waals surface area contributed by atoms with Crippen molar-refractivity contribution in [2.75, 3.05) is 25.0 Å². The van der Waals surface area contributed by atoms with Crippen molar-refractivity contribution in [3.8, 4) is 0 Å². The largest absolute Gasteiger partial charge is 0.324 e. The molecule has 29 heavy (non-hydrogen) atoms. The van der Waals surface area contributed by atoms with Gasteiger partial charge in [0.1, 0.15) is 11.3 Å². The summed E-state index contributed by atoms with van der Waals surface area (Å²) in [6.07, 6.45) is 1.76. The predicted molar refractivity (Wildman–Crippen MR) is 111 cm³/mol. The Morgan fingerprint density at radius 2 is 1.83 bits per heavy atom. The number of hydrogen-bond donors (Lipinski definition) is 1. The minimum atomic E-state index is -0.301. The molecule has 0 aliphatic carbocycles. The number of halogens is 1. The van der Waals surface area contributed by atoms with Gasteiger partial charge < -0.3 is 5.32 Å². The summed E-state index contributed by atoms with van der Waals surface area (Å²) >= 11 is 0. The van der Waals surface area contributed by atoms with Crippen LogP contribution in [0, 0.1) is 26.6 Å². The number of rotatable bonds is 4. The first kappa shape index (κ1) is 19.5. The van der Waals surface area contributed by atoms with Crippen molar-refractivity contribution in [2.45, 2.75) is 39.7 Å². The summed E-state index contributed by atoms with van der Waals surface area (Å²) in [7, 11) is 0. The molecule has 0 unspecified atom stereocenters. The van der Waals surface area contributed by atoms with Crippen LogP contribution in [0.1, 0.15) is 35.6 Å². The molecule has 0 radical (unpaired) electrons. The van der Waals surface area contributed by atoms with Crippen molar-refractivity contribution in [1.82, 2.24) is 19.9 Å². The molecule has 1 saturated heterocycles. The highest BCUT2D eigenvalue weighted by Gasteiger charge is 2.24. The van der Waals surface area contributed by atoms with Crippen LogP contribution in [0.3, 0.4) is 0 Å². The molecule has 1 fully saturated rings. The lowest BCUT2D eigenvalue weighted by atomic mass is 10.0. The molecule has 6 nitrogen and oxygen atoms in total. The molecule has 2 heterocycles. The average molecular weight is 395 g/mol. The van der Waals surface area contributed by atoms with Crippen molar-refractivity contribution >= 4 is 22.6 Å². The number of anilines is 1. The van der Waals surface area contributed by atoms with E-state index >= 15 is 0 Å². The Morgan fingerprint density at radius 1 is 1.14 bits per heavy atom. The van der Waals surface area contributed by atoms with E-state index < -0.39 is 0 Å². The number of hydrogen-bond acceptors (Lipinski definition) is 4. The predicted octanol–water partition coefficient (Wildman–Crippen LogP) is 3.77. The summed E-state index contributed by atoms with van der Waals surface area (Å²) in [6, 6.07) is 8.97. The molecule has 0 bridgehead atoms. The number of nitrogens with zero attached hydrogens (tertiary/aromatic N) is 4. The Balaban J connectivity index is 1.36. The number of piperidine rings is 1. The molecular weight excluding hydrogens is 369 g/mol. The van der Waals surface area contributed by atoms with Crippen LogP contribution >= 0.6 is 0 Å². The number of fused-ring (bicyclic) bond motifs is 1. The van der Waals surface area contributed by atoms with Gasteiger partial charge in [-0.1, -0.05) is 22.9 Å². The van der Waals surface area contributed by atoms with Crippen molar-refractivity contribution < 1.29 is 9.18 Å². The van der Waals surface area contributed by atoms with Gasteiger partial charge in [0.25, 0.3) is 0 Å². The highest BCUT2D eigenvalue weighted by atomic mass is 19.1. The number of carbonyl (C=O) groups excluding carboxylic acids is 1. The van der Waals surface area contributed by atoms with Gasteiger partial charge in [-0.3, -0.25) is 9.69 Å². The average Bonchev–Trinajstić information content (AvgIpc) is 3.08. The lowest BCUT2D eigenvalue weighted by Gasteiger charge is -2.31. The number of nitrogens with one attached hydrogen (secondary N) is 1. The van der Waals surface area contributed by atoms with Crippen molar-refractivity contribution in [2.24, 2.45) is 0 Å². The summed E-state index contributed by atoms with van der Waals surface area (Å²) in [5, 5.41) is 11.4. The minimum absolute atomic E-state index is 0.0141. The van der Waals surface area contributed by atoms with Crippen molar-refractivity contribution in [3.63, 3.8) is 0 Å². The molecule has 1 aromatic heterocycles. The number of amides is 1. The lowest BCUT2D eigenvalue weighted by Crippen LogP contribution is -2.40. The van der Waals surface area contributed by atoms with E-state index in [4.69, 9.17) is 0 Å². The zero-order chi connectivity index (χ0) is 20.5. The minimum Gasteiger partial charge on any atom is -0.324 e. The summed E-state index contributed by atoms with van der Waals surface area (Å²) in [6.45, 7) is 8.11. The molecule has 2 aromatic carbocycles. The number of aryl methyl sites for hydroxylation is 3. The Bertz CT molecular complexity index is 1030. The van der Waals surface area contributed by atoms with E-state index in [0.717, 1.165) is 48.3 Å². The van der Waals surface area contributed by atoms with E-state index in [1.54, 1.807) is 6.07 Å². The first-order valence-electron chi connectivity index (χ1n) is 10.0. The fraction of sp³-hybridized carbons (Fsp3) is 0.409. The highest BCUT2D eigenvalue weighted by Crippen LogP contribution is 2.26. The molecule has 0 saturated carbocycles. The van der Waals surface area contributed by atoms with Gasteiger partial charge in [-0.05, 0) is 56.9 Å². The van der Waals surface area contributed by atoms with E-state index in [0.29, 0.717) is 12.1 Å². The summed E-state index contributed by atoms with van der Waals surface area (Å²) in [4.78, 5) is 14.7. The second kappa shape index (κ2) is 7.91. The smallest absolute Gasteiger partial charge is 0.238 e. The molecule has 1 amide bonds. The second-order valence-electron chi connectivity index (χ2n) is 8.00. The molecule has 1 aliphatic rings. The number of aromatic nitrogens is 3. The van der Waals surface area contributed by atoms with Gasteiger partial charge in [-0.2, -0.15) is 0 Å². The van der Waals surface area contributed by atoms with Crippen LogP contribution in [-0.2, 0) is 4.79 Å². The number of likely N-dealkylation sites (tertiary alicyclic amines) is 1. The highest BCUT2D eigenvalue weighted by molar-refractivity contribution is 5.93. The Hall–Kier alpha value is -2.80. The van der Waals surface area contributed by atoms with Crippen LogP contribution in [0.4, 0.5) is 10.1 Å². The van der Waals surface area contributed by atoms with Gasteiger partial charge in [-0.25, -0.2) is 9.07 Å². The maximum Gasteiger partial charge on any atom is 0.238 e. The van der Waals surface area contributed by atoms with Crippen LogP contribution in [0.25, 0.3) is 11.0 Å². The van der Waals surface area contributed by atoms with Gasteiger partial charge in [0.2, 0.25) is 5.91 Å². The first-order valence-corrected chi connectivity index (χ1v) is 10.0. The normalized spacial score (nSPS) is 15.7. The topological polar surface area (TPSA) is 63.1 Å². The van der Waals surface area contributed by atoms with E-state index in [9.17, 15) is 9.18 Å². The van der Waals surface area contributed by atoms with Crippen LogP contribution < -0.4 is 5.32 Å². The van der Waals surface area contributed by atoms with Crippen LogP contribution in [0.2, 0.25) is 0 Å². The van der Waals surface area contributed by atoms with Gasteiger partial charge in [-0.15, -0.1) is 5.10 Å². The first-order chi connectivity index (χ1) is 13.9. The zero-order valence-corrected chi connectivity index (χ0v) is 17.1. The third-order valence-electron chi connectivity index (χ3n) is 5.64.